The van der Waals surface area contributed by atoms with Crippen molar-refractivity contribution < 1.29 is 23.5 Å². The van der Waals surface area contributed by atoms with Gasteiger partial charge in [-0.05, 0) is 56.6 Å². The molecule has 2 aliphatic heterocycles. The highest BCUT2D eigenvalue weighted by Gasteiger charge is 2.59. The van der Waals surface area contributed by atoms with E-state index in [1.165, 1.54) is 12.1 Å². The van der Waals surface area contributed by atoms with Crippen LogP contribution in [0.2, 0.25) is 5.02 Å². The molecule has 1 saturated carbocycles. The van der Waals surface area contributed by atoms with Crippen molar-refractivity contribution in [2.75, 3.05) is 32.8 Å². The fraction of sp³-hybridized carbons (Fsp3) is 0.609. The summed E-state index contributed by atoms with van der Waals surface area (Å²) in [6.45, 7) is 4.31. The molecule has 2 heterocycles. The minimum atomic E-state index is -0.683. The fourth-order valence-electron chi connectivity index (χ4n) is 4.99. The molecule has 174 valence electrons. The average molecular weight is 466 g/mol. The molecule has 1 aromatic rings. The van der Waals surface area contributed by atoms with E-state index in [0.29, 0.717) is 32.8 Å². The van der Waals surface area contributed by atoms with E-state index in [2.05, 4.69) is 5.32 Å². The first-order valence-electron chi connectivity index (χ1n) is 11.3. The van der Waals surface area contributed by atoms with Gasteiger partial charge < -0.3 is 19.9 Å². The molecule has 4 rings (SSSR count). The number of hydrogen-bond donors (Lipinski definition) is 1. The second-order valence-electron chi connectivity index (χ2n) is 8.98. The van der Waals surface area contributed by atoms with Crippen LogP contribution >= 0.6 is 11.6 Å². The number of rotatable bonds is 4. The van der Waals surface area contributed by atoms with Crippen LogP contribution in [0.15, 0.2) is 18.2 Å². The molecule has 1 atom stereocenters. The van der Waals surface area contributed by atoms with Crippen LogP contribution in [0.3, 0.4) is 0 Å². The summed E-state index contributed by atoms with van der Waals surface area (Å²) in [4.78, 5) is 40.7. The highest BCUT2D eigenvalue weighted by molar-refractivity contribution is 6.31. The zero-order valence-electron chi connectivity index (χ0n) is 18.2. The van der Waals surface area contributed by atoms with Crippen molar-refractivity contribution in [2.45, 2.75) is 45.1 Å². The molecule has 3 aliphatic rings. The van der Waals surface area contributed by atoms with Crippen LogP contribution in [0, 0.1) is 17.2 Å². The van der Waals surface area contributed by atoms with Gasteiger partial charge in [0, 0.05) is 38.1 Å². The maximum Gasteiger partial charge on any atom is 0.409 e. The number of nitrogens with zero attached hydrogens (tertiary/aromatic N) is 2. The molecule has 1 spiro atoms. The first-order valence-corrected chi connectivity index (χ1v) is 11.7. The van der Waals surface area contributed by atoms with E-state index in [1.807, 2.05) is 0 Å². The molecule has 9 heteroatoms. The Labute approximate surface area is 192 Å². The van der Waals surface area contributed by atoms with Gasteiger partial charge in [-0.25, -0.2) is 9.18 Å². The van der Waals surface area contributed by atoms with Crippen molar-refractivity contribution in [2.24, 2.45) is 11.3 Å². The first kappa shape index (κ1) is 22.8. The number of ether oxygens (including phenoxy) is 1. The SMILES string of the molecule is CCOC(=O)N1CCC(NC(=O)[C@@H]2CC23CCN(C(=O)c2cccc(Cl)c2F)CC3)CC1. The number of amides is 3. The number of benzene rings is 1. The summed E-state index contributed by atoms with van der Waals surface area (Å²) >= 11 is 5.81. The summed E-state index contributed by atoms with van der Waals surface area (Å²) in [7, 11) is 0. The molecule has 7 nitrogen and oxygen atoms in total. The summed E-state index contributed by atoms with van der Waals surface area (Å²) in [6.07, 6.45) is 3.45. The first-order chi connectivity index (χ1) is 15.3. The smallest absolute Gasteiger partial charge is 0.409 e. The van der Waals surface area contributed by atoms with Gasteiger partial charge in [-0.1, -0.05) is 17.7 Å². The van der Waals surface area contributed by atoms with Gasteiger partial charge in [0.1, 0.15) is 0 Å². The van der Waals surface area contributed by atoms with Gasteiger partial charge in [-0.3, -0.25) is 9.59 Å². The molecule has 3 fully saturated rings. The Morgan fingerprint density at radius 3 is 2.50 bits per heavy atom. The van der Waals surface area contributed by atoms with Gasteiger partial charge in [0.2, 0.25) is 5.91 Å². The van der Waals surface area contributed by atoms with Crippen molar-refractivity contribution in [1.82, 2.24) is 15.1 Å². The van der Waals surface area contributed by atoms with Crippen molar-refractivity contribution in [3.8, 4) is 0 Å². The molecule has 32 heavy (non-hydrogen) atoms. The fourth-order valence-corrected chi connectivity index (χ4v) is 5.16. The Bertz CT molecular complexity index is 895. The molecule has 0 unspecified atom stereocenters. The molecular formula is C23H29ClFN3O4. The monoisotopic (exact) mass is 465 g/mol. The van der Waals surface area contributed by atoms with Crippen LogP contribution in [-0.2, 0) is 9.53 Å². The standard InChI is InChI=1S/C23H29ClFN3O4/c1-2-32-22(31)28-10-6-15(7-11-28)26-20(29)17-14-23(17)8-12-27(13-9-23)21(30)16-4-3-5-18(24)19(16)25/h3-5,15,17H,2,6-14H2,1H3,(H,26,29)/t17-/m0/s1. The number of hydrogen-bond acceptors (Lipinski definition) is 4. The lowest BCUT2D eigenvalue weighted by Crippen LogP contribution is -2.47. The van der Waals surface area contributed by atoms with Crippen molar-refractivity contribution >= 4 is 29.5 Å². The number of halogens is 2. The predicted octanol–water partition coefficient (Wildman–Crippen LogP) is 3.46. The van der Waals surface area contributed by atoms with Crippen LogP contribution in [0.1, 0.15) is 49.4 Å². The quantitative estimate of drug-likeness (QED) is 0.738. The summed E-state index contributed by atoms with van der Waals surface area (Å²) in [6, 6.07) is 4.52. The predicted molar refractivity (Wildman–Crippen MR) is 117 cm³/mol. The van der Waals surface area contributed by atoms with Gasteiger partial charge in [-0.2, -0.15) is 0 Å². The van der Waals surface area contributed by atoms with E-state index in [-0.39, 0.29) is 45.9 Å². The highest BCUT2D eigenvalue weighted by Crippen LogP contribution is 2.59. The van der Waals surface area contributed by atoms with E-state index in [9.17, 15) is 18.8 Å². The molecule has 1 N–H and O–H groups in total. The zero-order valence-corrected chi connectivity index (χ0v) is 19.0. The van der Waals surface area contributed by atoms with Gasteiger partial charge in [-0.15, -0.1) is 0 Å². The Kier molecular flexibility index (Phi) is 6.60. The van der Waals surface area contributed by atoms with Gasteiger partial charge in [0.25, 0.3) is 5.91 Å². The highest BCUT2D eigenvalue weighted by atomic mass is 35.5. The second-order valence-corrected chi connectivity index (χ2v) is 9.39. The average Bonchev–Trinajstić information content (AvgIpc) is 3.49. The number of nitrogens with one attached hydrogen (secondary N) is 1. The maximum atomic E-state index is 14.2. The lowest BCUT2D eigenvalue weighted by molar-refractivity contribution is -0.124. The van der Waals surface area contributed by atoms with E-state index in [1.54, 1.807) is 22.8 Å². The molecule has 0 aromatic heterocycles. The minimum absolute atomic E-state index is 0.00676. The third-order valence-electron chi connectivity index (χ3n) is 7.10. The molecule has 3 amide bonds. The Morgan fingerprint density at radius 1 is 1.16 bits per heavy atom. The van der Waals surface area contributed by atoms with Crippen molar-refractivity contribution in [1.29, 1.82) is 0 Å². The Balaban J connectivity index is 1.24. The minimum Gasteiger partial charge on any atom is -0.450 e. The lowest BCUT2D eigenvalue weighted by atomic mass is 9.90. The number of carbonyl (C=O) groups is 3. The van der Waals surface area contributed by atoms with Crippen LogP contribution in [-0.4, -0.2) is 66.5 Å². The summed E-state index contributed by atoms with van der Waals surface area (Å²) in [5, 5.41) is 3.10. The van der Waals surface area contributed by atoms with E-state index in [4.69, 9.17) is 16.3 Å². The molecule has 0 bridgehead atoms. The van der Waals surface area contributed by atoms with E-state index < -0.39 is 5.82 Å². The third kappa shape index (κ3) is 4.56. The summed E-state index contributed by atoms with van der Waals surface area (Å²) < 4.78 is 19.2. The van der Waals surface area contributed by atoms with Crippen LogP contribution < -0.4 is 5.32 Å². The van der Waals surface area contributed by atoms with Crippen LogP contribution in [0.25, 0.3) is 0 Å². The number of likely N-dealkylation sites (tertiary alicyclic amines) is 2. The molecule has 1 aromatic carbocycles. The normalized spacial score (nSPS) is 22.5. The van der Waals surface area contributed by atoms with Crippen LogP contribution in [0.4, 0.5) is 9.18 Å². The number of carbonyl (C=O) groups excluding carboxylic acids is 3. The third-order valence-corrected chi connectivity index (χ3v) is 7.39. The van der Waals surface area contributed by atoms with Crippen molar-refractivity contribution in [3.63, 3.8) is 0 Å². The Hall–Kier alpha value is -2.35. The van der Waals surface area contributed by atoms with E-state index >= 15 is 0 Å². The van der Waals surface area contributed by atoms with E-state index in [0.717, 1.165) is 32.1 Å². The lowest BCUT2D eigenvalue weighted by Gasteiger charge is -2.34. The molecular weight excluding hydrogens is 437 g/mol. The van der Waals surface area contributed by atoms with Gasteiger partial charge in [0.15, 0.2) is 5.82 Å². The van der Waals surface area contributed by atoms with Crippen molar-refractivity contribution in [3.05, 3.63) is 34.6 Å². The van der Waals surface area contributed by atoms with Gasteiger partial charge >= 0.3 is 6.09 Å². The molecule has 1 aliphatic carbocycles. The second kappa shape index (κ2) is 9.25. The zero-order chi connectivity index (χ0) is 22.9. The Morgan fingerprint density at radius 2 is 1.84 bits per heavy atom. The summed E-state index contributed by atoms with van der Waals surface area (Å²) in [5.74, 6) is -1.00. The molecule has 0 radical (unpaired) electrons. The topological polar surface area (TPSA) is 79.0 Å². The number of piperidine rings is 2. The largest absolute Gasteiger partial charge is 0.450 e. The van der Waals surface area contributed by atoms with Gasteiger partial charge in [0.05, 0.1) is 17.2 Å². The molecule has 2 saturated heterocycles. The van der Waals surface area contributed by atoms with Crippen LogP contribution in [0.5, 0.6) is 0 Å². The summed E-state index contributed by atoms with van der Waals surface area (Å²) in [5.41, 5.74) is -0.0629. The maximum absolute atomic E-state index is 14.2.